The van der Waals surface area contributed by atoms with Crippen LogP contribution in [-0.2, 0) is 0 Å². The lowest BCUT2D eigenvalue weighted by Crippen LogP contribution is -2.21. The van der Waals surface area contributed by atoms with E-state index in [0.29, 0.717) is 0 Å². The molecule has 0 radical (unpaired) electrons. The van der Waals surface area contributed by atoms with Crippen molar-refractivity contribution < 1.29 is 0 Å². The lowest BCUT2D eigenvalue weighted by Gasteiger charge is -2.21. The van der Waals surface area contributed by atoms with Crippen LogP contribution in [0.3, 0.4) is 0 Å². The molecule has 1 heteroatoms. The first-order chi connectivity index (χ1) is 6.74. The molecule has 1 fully saturated rings. The highest BCUT2D eigenvalue weighted by Crippen LogP contribution is 2.33. The summed E-state index contributed by atoms with van der Waals surface area (Å²) in [7, 11) is 0. The molecule has 0 saturated heterocycles. The van der Waals surface area contributed by atoms with Crippen molar-refractivity contribution in [2.24, 2.45) is 23.5 Å². The van der Waals surface area contributed by atoms with E-state index < -0.39 is 0 Å². The van der Waals surface area contributed by atoms with Gasteiger partial charge in [-0.1, -0.05) is 52.4 Å². The van der Waals surface area contributed by atoms with Crippen LogP contribution in [0.2, 0.25) is 0 Å². The molecule has 0 aromatic rings. The molecule has 1 unspecified atom stereocenters. The normalized spacial score (nSPS) is 20.6. The largest absolute Gasteiger partial charge is 0.330 e. The van der Waals surface area contributed by atoms with Gasteiger partial charge in [0.05, 0.1) is 0 Å². The topological polar surface area (TPSA) is 26.0 Å². The Bertz CT molecular complexity index is 136. The Morgan fingerprint density at radius 1 is 1.14 bits per heavy atom. The molecule has 0 bridgehead atoms. The second-order valence-corrected chi connectivity index (χ2v) is 5.37. The smallest absolute Gasteiger partial charge is 0.00462 e. The van der Waals surface area contributed by atoms with Gasteiger partial charge in [0.1, 0.15) is 0 Å². The van der Waals surface area contributed by atoms with Crippen LogP contribution in [0.5, 0.6) is 0 Å². The van der Waals surface area contributed by atoms with Crippen molar-refractivity contribution in [1.29, 1.82) is 0 Å². The monoisotopic (exact) mass is 197 g/mol. The molecule has 1 nitrogen and oxygen atoms in total. The fraction of sp³-hybridized carbons (Fsp3) is 1.00. The minimum absolute atomic E-state index is 0.830. The minimum atomic E-state index is 0.830. The molecule has 0 aromatic heterocycles. The molecule has 0 amide bonds. The van der Waals surface area contributed by atoms with Gasteiger partial charge in [-0.05, 0) is 30.7 Å². The molecule has 1 aliphatic rings. The van der Waals surface area contributed by atoms with Crippen molar-refractivity contribution in [2.45, 2.75) is 58.8 Å². The molecule has 1 rings (SSSR count). The third kappa shape index (κ3) is 4.00. The van der Waals surface area contributed by atoms with Crippen LogP contribution in [-0.4, -0.2) is 6.54 Å². The van der Waals surface area contributed by atoms with E-state index in [1.807, 2.05) is 0 Å². The van der Waals surface area contributed by atoms with Crippen LogP contribution < -0.4 is 5.73 Å². The Morgan fingerprint density at radius 3 is 2.29 bits per heavy atom. The molecule has 2 N–H and O–H groups in total. The van der Waals surface area contributed by atoms with Gasteiger partial charge in [0.25, 0.3) is 0 Å². The first-order valence-electron chi connectivity index (χ1n) is 6.44. The highest BCUT2D eigenvalue weighted by atomic mass is 14.6. The van der Waals surface area contributed by atoms with E-state index in [2.05, 4.69) is 13.8 Å². The van der Waals surface area contributed by atoms with Crippen molar-refractivity contribution in [3.8, 4) is 0 Å². The molecule has 1 atom stereocenters. The lowest BCUT2D eigenvalue weighted by molar-refractivity contribution is 0.311. The van der Waals surface area contributed by atoms with Gasteiger partial charge in [0.2, 0.25) is 0 Å². The summed E-state index contributed by atoms with van der Waals surface area (Å²) in [6.45, 7) is 5.54. The second kappa shape index (κ2) is 6.44. The molecular weight excluding hydrogens is 170 g/mol. The fourth-order valence-corrected chi connectivity index (χ4v) is 2.76. The van der Waals surface area contributed by atoms with Crippen molar-refractivity contribution in [3.63, 3.8) is 0 Å². The molecule has 1 aliphatic carbocycles. The van der Waals surface area contributed by atoms with Gasteiger partial charge < -0.3 is 5.73 Å². The maximum Gasteiger partial charge on any atom is -0.00462 e. The number of rotatable bonds is 6. The Kier molecular flexibility index (Phi) is 5.54. The lowest BCUT2D eigenvalue weighted by atomic mass is 9.86. The quantitative estimate of drug-likeness (QED) is 0.692. The van der Waals surface area contributed by atoms with Gasteiger partial charge in [-0.3, -0.25) is 0 Å². The number of nitrogens with two attached hydrogens (primary N) is 1. The molecule has 1 saturated carbocycles. The summed E-state index contributed by atoms with van der Waals surface area (Å²) >= 11 is 0. The van der Waals surface area contributed by atoms with Gasteiger partial charge in [0, 0.05) is 0 Å². The van der Waals surface area contributed by atoms with Gasteiger partial charge in [-0.15, -0.1) is 0 Å². The van der Waals surface area contributed by atoms with Crippen molar-refractivity contribution in [3.05, 3.63) is 0 Å². The average molecular weight is 197 g/mol. The second-order valence-electron chi connectivity index (χ2n) is 5.37. The SMILES string of the molecule is CC(C)CCCC(CN)C1CCCC1. The molecule has 0 spiro atoms. The summed E-state index contributed by atoms with van der Waals surface area (Å²) in [4.78, 5) is 0. The summed E-state index contributed by atoms with van der Waals surface area (Å²) < 4.78 is 0. The predicted molar refractivity (Wildman–Crippen MR) is 63.2 cm³/mol. The molecule has 84 valence electrons. The maximum atomic E-state index is 5.87. The predicted octanol–water partition coefficient (Wildman–Crippen LogP) is 3.58. The highest BCUT2D eigenvalue weighted by Gasteiger charge is 2.23. The van der Waals surface area contributed by atoms with Crippen molar-refractivity contribution in [2.75, 3.05) is 6.54 Å². The van der Waals surface area contributed by atoms with Crippen LogP contribution in [0.1, 0.15) is 58.8 Å². The number of hydrogen-bond donors (Lipinski definition) is 1. The summed E-state index contributed by atoms with van der Waals surface area (Å²) in [5, 5.41) is 0. The molecule has 0 aromatic carbocycles. The number of hydrogen-bond acceptors (Lipinski definition) is 1. The molecular formula is C13H27N. The van der Waals surface area contributed by atoms with Crippen LogP contribution in [0.15, 0.2) is 0 Å². The minimum Gasteiger partial charge on any atom is -0.330 e. The van der Waals surface area contributed by atoms with E-state index in [0.717, 1.165) is 24.3 Å². The zero-order valence-corrected chi connectivity index (χ0v) is 9.97. The third-order valence-corrected chi connectivity index (χ3v) is 3.73. The summed E-state index contributed by atoms with van der Waals surface area (Å²) in [5.74, 6) is 2.65. The van der Waals surface area contributed by atoms with E-state index >= 15 is 0 Å². The maximum absolute atomic E-state index is 5.87. The average Bonchev–Trinajstić information content (AvgIpc) is 2.64. The standard InChI is InChI=1S/C13H27N/c1-11(2)6-5-9-13(10-14)12-7-3-4-8-12/h11-13H,3-10,14H2,1-2H3. The van der Waals surface area contributed by atoms with Crippen molar-refractivity contribution >= 4 is 0 Å². The summed E-state index contributed by atoms with van der Waals surface area (Å²) in [5.41, 5.74) is 5.87. The van der Waals surface area contributed by atoms with E-state index in [9.17, 15) is 0 Å². The Balaban J connectivity index is 2.17. The van der Waals surface area contributed by atoms with Crippen LogP contribution >= 0.6 is 0 Å². The Labute approximate surface area is 89.5 Å². The van der Waals surface area contributed by atoms with Gasteiger partial charge in [-0.2, -0.15) is 0 Å². The molecule has 0 aliphatic heterocycles. The van der Waals surface area contributed by atoms with Crippen molar-refractivity contribution in [1.82, 2.24) is 0 Å². The van der Waals surface area contributed by atoms with E-state index in [-0.39, 0.29) is 0 Å². The highest BCUT2D eigenvalue weighted by molar-refractivity contribution is 4.76. The van der Waals surface area contributed by atoms with E-state index in [4.69, 9.17) is 5.73 Å². The third-order valence-electron chi connectivity index (χ3n) is 3.73. The first kappa shape index (κ1) is 12.0. The Hall–Kier alpha value is -0.0400. The fourth-order valence-electron chi connectivity index (χ4n) is 2.76. The zero-order valence-electron chi connectivity index (χ0n) is 9.97. The van der Waals surface area contributed by atoms with Crippen LogP contribution in [0.4, 0.5) is 0 Å². The molecule has 14 heavy (non-hydrogen) atoms. The van der Waals surface area contributed by atoms with E-state index in [1.54, 1.807) is 0 Å². The summed E-state index contributed by atoms with van der Waals surface area (Å²) in [6, 6.07) is 0. The van der Waals surface area contributed by atoms with Gasteiger partial charge in [-0.25, -0.2) is 0 Å². The van der Waals surface area contributed by atoms with Crippen LogP contribution in [0.25, 0.3) is 0 Å². The first-order valence-corrected chi connectivity index (χ1v) is 6.44. The van der Waals surface area contributed by atoms with Crippen LogP contribution in [0, 0.1) is 17.8 Å². The van der Waals surface area contributed by atoms with Gasteiger partial charge in [0.15, 0.2) is 0 Å². The zero-order chi connectivity index (χ0) is 10.4. The van der Waals surface area contributed by atoms with Gasteiger partial charge >= 0.3 is 0 Å². The molecule has 0 heterocycles. The Morgan fingerprint density at radius 2 is 1.79 bits per heavy atom. The summed E-state index contributed by atoms with van der Waals surface area (Å²) in [6.07, 6.45) is 9.93. The van der Waals surface area contributed by atoms with E-state index in [1.165, 1.54) is 44.9 Å².